The number of nitrogens with one attached hydrogen (secondary N) is 1. The average molecular weight is 400 g/mol. The SMILES string of the molecule is CNC[C@@H](O)[C@H](c1cccc(F)c1)N1C(=O)C2(CCCCC2)c2ccc(F)cc21. The molecule has 0 bridgehead atoms. The van der Waals surface area contributed by atoms with Crippen LogP contribution in [0, 0.1) is 11.6 Å². The van der Waals surface area contributed by atoms with Gasteiger partial charge in [-0.3, -0.25) is 4.79 Å². The molecule has 2 N–H and O–H groups in total. The van der Waals surface area contributed by atoms with Gasteiger partial charge in [0.05, 0.1) is 23.2 Å². The molecule has 0 aromatic heterocycles. The largest absolute Gasteiger partial charge is 0.389 e. The number of hydrogen-bond acceptors (Lipinski definition) is 3. The van der Waals surface area contributed by atoms with Crippen molar-refractivity contribution in [2.45, 2.75) is 49.7 Å². The highest BCUT2D eigenvalue weighted by atomic mass is 19.1. The maximum absolute atomic E-state index is 14.2. The summed E-state index contributed by atoms with van der Waals surface area (Å²) in [4.78, 5) is 15.4. The third-order valence-corrected chi connectivity index (χ3v) is 6.32. The van der Waals surface area contributed by atoms with Gasteiger partial charge in [-0.05, 0) is 55.3 Å². The number of halogens is 2. The first-order valence-electron chi connectivity index (χ1n) is 10.2. The molecule has 2 aliphatic rings. The Kier molecular flexibility index (Phi) is 5.40. The summed E-state index contributed by atoms with van der Waals surface area (Å²) < 4.78 is 28.2. The molecule has 2 atom stereocenters. The second-order valence-corrected chi connectivity index (χ2v) is 8.10. The Bertz CT molecular complexity index is 912. The van der Waals surface area contributed by atoms with E-state index in [9.17, 15) is 18.7 Å². The molecule has 1 spiro atoms. The molecule has 1 fully saturated rings. The molecule has 0 saturated heterocycles. The summed E-state index contributed by atoms with van der Waals surface area (Å²) in [5.74, 6) is -1.000. The summed E-state index contributed by atoms with van der Waals surface area (Å²) in [6.07, 6.45) is 3.36. The fourth-order valence-corrected chi connectivity index (χ4v) is 5.03. The number of nitrogens with zero attached hydrogens (tertiary/aromatic N) is 1. The Morgan fingerprint density at radius 3 is 2.52 bits per heavy atom. The highest BCUT2D eigenvalue weighted by molar-refractivity contribution is 6.08. The first-order chi connectivity index (χ1) is 14.0. The van der Waals surface area contributed by atoms with Crippen LogP contribution in [0.1, 0.15) is 49.3 Å². The Morgan fingerprint density at radius 1 is 1.10 bits per heavy atom. The van der Waals surface area contributed by atoms with Crippen molar-refractivity contribution in [3.05, 3.63) is 65.2 Å². The highest BCUT2D eigenvalue weighted by Crippen LogP contribution is 2.53. The lowest BCUT2D eigenvalue weighted by Crippen LogP contribution is -2.47. The van der Waals surface area contributed by atoms with E-state index in [1.165, 1.54) is 29.2 Å². The first-order valence-corrected chi connectivity index (χ1v) is 10.2. The Morgan fingerprint density at radius 2 is 1.83 bits per heavy atom. The van der Waals surface area contributed by atoms with Crippen LogP contribution >= 0.6 is 0 Å². The molecule has 6 heteroatoms. The smallest absolute Gasteiger partial charge is 0.238 e. The lowest BCUT2D eigenvalue weighted by molar-refractivity contribution is -0.125. The number of carbonyl (C=O) groups excluding carboxylic acids is 1. The number of aliphatic hydroxyl groups is 1. The summed E-state index contributed by atoms with van der Waals surface area (Å²) in [5.41, 5.74) is 1.11. The molecular weight excluding hydrogens is 374 g/mol. The topological polar surface area (TPSA) is 52.6 Å². The zero-order chi connectivity index (χ0) is 20.6. The minimum atomic E-state index is -0.986. The number of likely N-dealkylation sites (N-methyl/N-ethyl adjacent to an activating group) is 1. The van der Waals surface area contributed by atoms with Gasteiger partial charge in [0, 0.05) is 6.54 Å². The van der Waals surface area contributed by atoms with Crippen LogP contribution in [-0.2, 0) is 10.2 Å². The summed E-state index contributed by atoms with van der Waals surface area (Å²) in [6.45, 7) is 0.211. The van der Waals surface area contributed by atoms with Crippen molar-refractivity contribution in [3.63, 3.8) is 0 Å². The number of anilines is 1. The molecule has 4 rings (SSSR count). The molecule has 0 unspecified atom stereocenters. The van der Waals surface area contributed by atoms with Gasteiger partial charge in [0.1, 0.15) is 11.6 Å². The second-order valence-electron chi connectivity index (χ2n) is 8.10. The zero-order valence-corrected chi connectivity index (χ0v) is 16.5. The number of rotatable bonds is 5. The minimum Gasteiger partial charge on any atom is -0.389 e. The van der Waals surface area contributed by atoms with Crippen molar-refractivity contribution in [3.8, 4) is 0 Å². The molecule has 1 aliphatic heterocycles. The van der Waals surface area contributed by atoms with Gasteiger partial charge >= 0.3 is 0 Å². The third-order valence-electron chi connectivity index (χ3n) is 6.32. The van der Waals surface area contributed by atoms with Crippen molar-refractivity contribution in [1.29, 1.82) is 0 Å². The molecule has 1 saturated carbocycles. The molecule has 4 nitrogen and oxygen atoms in total. The van der Waals surface area contributed by atoms with Crippen molar-refractivity contribution < 1.29 is 18.7 Å². The highest BCUT2D eigenvalue weighted by Gasteiger charge is 2.53. The summed E-state index contributed by atoms with van der Waals surface area (Å²) in [7, 11) is 1.70. The van der Waals surface area contributed by atoms with Gasteiger partial charge in [-0.1, -0.05) is 37.5 Å². The van der Waals surface area contributed by atoms with Gasteiger partial charge in [-0.15, -0.1) is 0 Å². The van der Waals surface area contributed by atoms with Crippen molar-refractivity contribution in [2.24, 2.45) is 0 Å². The van der Waals surface area contributed by atoms with E-state index in [-0.39, 0.29) is 12.5 Å². The number of amides is 1. The van der Waals surface area contributed by atoms with Crippen LogP contribution in [0.4, 0.5) is 14.5 Å². The van der Waals surface area contributed by atoms with Crippen LogP contribution in [0.2, 0.25) is 0 Å². The normalized spacial score (nSPS) is 20.0. The van der Waals surface area contributed by atoms with Gasteiger partial charge < -0.3 is 15.3 Å². The van der Waals surface area contributed by atoms with Crippen LogP contribution in [0.25, 0.3) is 0 Å². The van der Waals surface area contributed by atoms with Gasteiger partial charge in [0.25, 0.3) is 0 Å². The molecule has 1 aliphatic carbocycles. The second kappa shape index (κ2) is 7.84. The Balaban J connectivity index is 1.88. The molecule has 29 heavy (non-hydrogen) atoms. The number of aliphatic hydroxyl groups excluding tert-OH is 1. The van der Waals surface area contributed by atoms with E-state index in [2.05, 4.69) is 5.32 Å². The van der Waals surface area contributed by atoms with E-state index in [1.807, 2.05) is 0 Å². The predicted molar refractivity (Wildman–Crippen MR) is 108 cm³/mol. The standard InChI is InChI=1S/C23H26F2N2O2/c1-26-14-20(28)21(15-6-5-7-16(24)12-15)27-19-13-17(25)8-9-18(19)23(22(27)29)10-3-2-4-11-23/h5-9,12-13,20-21,26,28H,2-4,10-11,14H2,1H3/t20-,21+/m1/s1. The van der Waals surface area contributed by atoms with E-state index in [1.54, 1.807) is 25.2 Å². The van der Waals surface area contributed by atoms with Gasteiger partial charge in [-0.25, -0.2) is 8.78 Å². The van der Waals surface area contributed by atoms with Crippen molar-refractivity contribution >= 4 is 11.6 Å². The van der Waals surface area contributed by atoms with Crippen LogP contribution in [0.15, 0.2) is 42.5 Å². The Labute approximate surface area is 169 Å². The molecule has 1 heterocycles. The van der Waals surface area contributed by atoms with Crippen LogP contribution < -0.4 is 10.2 Å². The fourth-order valence-electron chi connectivity index (χ4n) is 5.03. The lowest BCUT2D eigenvalue weighted by Gasteiger charge is -2.36. The van der Waals surface area contributed by atoms with E-state index >= 15 is 0 Å². The number of hydrogen-bond donors (Lipinski definition) is 2. The maximum Gasteiger partial charge on any atom is 0.238 e. The summed E-state index contributed by atoms with van der Waals surface area (Å²) in [6, 6.07) is 9.59. The van der Waals surface area contributed by atoms with Gasteiger partial charge in [-0.2, -0.15) is 0 Å². The summed E-state index contributed by atoms with van der Waals surface area (Å²) >= 11 is 0. The fraction of sp³-hybridized carbons (Fsp3) is 0.435. The molecule has 2 aromatic carbocycles. The lowest BCUT2D eigenvalue weighted by atomic mass is 9.70. The average Bonchev–Trinajstić information content (AvgIpc) is 2.91. The van der Waals surface area contributed by atoms with Gasteiger partial charge in [0.2, 0.25) is 5.91 Å². The van der Waals surface area contributed by atoms with Gasteiger partial charge in [0.15, 0.2) is 0 Å². The Hall–Kier alpha value is -2.31. The predicted octanol–water partition coefficient (Wildman–Crippen LogP) is 3.83. The van der Waals surface area contributed by atoms with E-state index in [0.29, 0.717) is 24.1 Å². The van der Waals surface area contributed by atoms with Crippen LogP contribution in [0.5, 0.6) is 0 Å². The monoisotopic (exact) mass is 400 g/mol. The minimum absolute atomic E-state index is 0.123. The number of carbonyl (C=O) groups is 1. The molecule has 2 aromatic rings. The molecule has 154 valence electrons. The maximum atomic E-state index is 14.2. The van der Waals surface area contributed by atoms with Crippen molar-refractivity contribution in [2.75, 3.05) is 18.5 Å². The third kappa shape index (κ3) is 3.34. The molecule has 0 radical (unpaired) electrons. The molecular formula is C23H26F2N2O2. The van der Waals surface area contributed by atoms with E-state index < -0.39 is 29.2 Å². The number of fused-ring (bicyclic) bond motifs is 2. The molecule has 1 amide bonds. The van der Waals surface area contributed by atoms with E-state index in [4.69, 9.17) is 0 Å². The summed E-state index contributed by atoms with van der Waals surface area (Å²) in [5, 5.41) is 13.9. The quantitative estimate of drug-likeness (QED) is 0.802. The number of benzene rings is 2. The van der Waals surface area contributed by atoms with E-state index in [0.717, 1.165) is 24.8 Å². The van der Waals surface area contributed by atoms with Crippen LogP contribution in [-0.4, -0.2) is 30.7 Å². The first kappa shape index (κ1) is 20.0. The van der Waals surface area contributed by atoms with Crippen molar-refractivity contribution in [1.82, 2.24) is 5.32 Å². The van der Waals surface area contributed by atoms with Crippen LogP contribution in [0.3, 0.4) is 0 Å². The zero-order valence-electron chi connectivity index (χ0n) is 16.5.